The molecule has 2 atom stereocenters. The fourth-order valence-corrected chi connectivity index (χ4v) is 4.60. The Balaban J connectivity index is 1.80. The van der Waals surface area contributed by atoms with Gasteiger partial charge in [0, 0.05) is 18.0 Å². The van der Waals surface area contributed by atoms with Crippen molar-refractivity contribution in [2.75, 3.05) is 0 Å². The minimum Gasteiger partial charge on any atom is -0.351 e. The van der Waals surface area contributed by atoms with Crippen molar-refractivity contribution in [3.63, 3.8) is 0 Å². The first-order valence-corrected chi connectivity index (χ1v) is 6.68. The predicted molar refractivity (Wildman–Crippen MR) is 62.7 cm³/mol. The Morgan fingerprint density at radius 2 is 1.94 bits per heavy atom. The van der Waals surface area contributed by atoms with Crippen molar-refractivity contribution in [3.05, 3.63) is 0 Å². The molecule has 3 N–H and O–H groups in total. The van der Waals surface area contributed by atoms with Crippen LogP contribution in [0, 0.1) is 17.8 Å². The molecule has 1 amide bonds. The highest BCUT2D eigenvalue weighted by atomic mass is 16.1. The molecule has 4 rings (SSSR count). The van der Waals surface area contributed by atoms with Gasteiger partial charge in [0.15, 0.2) is 0 Å². The Bertz CT molecular complexity index is 299. The Labute approximate surface area is 97.2 Å². The zero-order chi connectivity index (χ0) is 11.3. The maximum absolute atomic E-state index is 11.6. The average Bonchev–Trinajstić information content (AvgIpc) is 2.24. The van der Waals surface area contributed by atoms with Gasteiger partial charge in [-0.1, -0.05) is 6.92 Å². The highest BCUT2D eigenvalue weighted by molar-refractivity contribution is 5.76. The Hall–Kier alpha value is -0.570. The van der Waals surface area contributed by atoms with Crippen molar-refractivity contribution in [2.24, 2.45) is 23.5 Å². The molecule has 4 saturated carbocycles. The molecule has 4 aliphatic rings. The molecule has 0 spiro atoms. The summed E-state index contributed by atoms with van der Waals surface area (Å²) in [6.45, 7) is 1.93. The van der Waals surface area contributed by atoms with Crippen LogP contribution in [0.1, 0.15) is 45.4 Å². The molecule has 4 aliphatic carbocycles. The molecule has 0 saturated heterocycles. The fourth-order valence-electron chi connectivity index (χ4n) is 4.60. The minimum absolute atomic E-state index is 0.124. The molecule has 0 aromatic heterocycles. The molecule has 2 unspecified atom stereocenters. The second-order valence-corrected chi connectivity index (χ2v) is 6.23. The fraction of sp³-hybridized carbons (Fsp3) is 0.923. The van der Waals surface area contributed by atoms with E-state index in [-0.39, 0.29) is 11.4 Å². The molecular weight excluding hydrogens is 200 g/mol. The topological polar surface area (TPSA) is 55.1 Å². The van der Waals surface area contributed by atoms with Crippen molar-refractivity contribution >= 4 is 5.91 Å². The van der Waals surface area contributed by atoms with Crippen LogP contribution >= 0.6 is 0 Å². The average molecular weight is 222 g/mol. The third-order valence-electron chi connectivity index (χ3n) is 5.07. The lowest BCUT2D eigenvalue weighted by atomic mass is 9.51. The van der Waals surface area contributed by atoms with Crippen molar-refractivity contribution in [1.82, 2.24) is 5.32 Å². The summed E-state index contributed by atoms with van der Waals surface area (Å²) in [5, 5.41) is 3.30. The van der Waals surface area contributed by atoms with E-state index < -0.39 is 0 Å². The van der Waals surface area contributed by atoms with Gasteiger partial charge in [-0.2, -0.15) is 0 Å². The van der Waals surface area contributed by atoms with E-state index in [2.05, 4.69) is 5.32 Å². The molecule has 0 aromatic rings. The van der Waals surface area contributed by atoms with Crippen LogP contribution in [-0.4, -0.2) is 17.5 Å². The van der Waals surface area contributed by atoms with Crippen LogP contribution in [0.2, 0.25) is 0 Å². The molecular formula is C13H22N2O. The van der Waals surface area contributed by atoms with Gasteiger partial charge in [0.25, 0.3) is 0 Å². The summed E-state index contributed by atoms with van der Waals surface area (Å²) in [6, 6.07) is 0.406. The van der Waals surface area contributed by atoms with E-state index in [0.717, 1.165) is 18.8 Å². The maximum Gasteiger partial charge on any atom is 0.220 e. The molecule has 3 heteroatoms. The second-order valence-electron chi connectivity index (χ2n) is 6.23. The van der Waals surface area contributed by atoms with E-state index in [0.29, 0.717) is 24.3 Å². The quantitative estimate of drug-likeness (QED) is 0.742. The summed E-state index contributed by atoms with van der Waals surface area (Å²) in [7, 11) is 0. The van der Waals surface area contributed by atoms with E-state index in [9.17, 15) is 4.79 Å². The zero-order valence-electron chi connectivity index (χ0n) is 10.0. The van der Waals surface area contributed by atoms with E-state index in [4.69, 9.17) is 5.73 Å². The first-order chi connectivity index (χ1) is 7.62. The number of amides is 1. The SMILES string of the molecule is CCC(=O)N[C@]12CC3CC(C1)[C@@H](N)C(C3)C2. The van der Waals surface area contributed by atoms with Crippen LogP contribution < -0.4 is 11.1 Å². The summed E-state index contributed by atoms with van der Waals surface area (Å²) < 4.78 is 0. The molecule has 3 nitrogen and oxygen atoms in total. The van der Waals surface area contributed by atoms with E-state index >= 15 is 0 Å². The van der Waals surface area contributed by atoms with Crippen LogP contribution in [-0.2, 0) is 4.79 Å². The molecule has 90 valence electrons. The number of carbonyl (C=O) groups is 1. The van der Waals surface area contributed by atoms with Gasteiger partial charge in [-0.15, -0.1) is 0 Å². The lowest BCUT2D eigenvalue weighted by Crippen LogP contribution is -2.65. The number of nitrogens with one attached hydrogen (secondary N) is 1. The molecule has 0 radical (unpaired) electrons. The van der Waals surface area contributed by atoms with Gasteiger partial charge in [-0.25, -0.2) is 0 Å². The minimum atomic E-state index is 0.124. The van der Waals surface area contributed by atoms with Gasteiger partial charge in [0.1, 0.15) is 0 Å². The van der Waals surface area contributed by atoms with Gasteiger partial charge in [-0.3, -0.25) is 4.79 Å². The standard InChI is InChI=1S/C13H22N2O/c1-2-11(16)15-13-5-8-3-9(6-13)12(14)10(4-8)7-13/h8-10,12H,2-7,14H2,1H3,(H,15,16)/t8?,9?,10?,12-,13-. The summed E-state index contributed by atoms with van der Waals surface area (Å²) in [6.07, 6.45) is 6.69. The number of hydrogen-bond donors (Lipinski definition) is 2. The summed E-state index contributed by atoms with van der Waals surface area (Å²) in [5.74, 6) is 2.39. The molecule has 4 bridgehead atoms. The van der Waals surface area contributed by atoms with Crippen LogP contribution in [0.5, 0.6) is 0 Å². The van der Waals surface area contributed by atoms with Crippen molar-refractivity contribution < 1.29 is 4.79 Å². The largest absolute Gasteiger partial charge is 0.351 e. The number of nitrogens with two attached hydrogens (primary N) is 1. The number of carbonyl (C=O) groups excluding carboxylic acids is 1. The molecule has 0 aliphatic heterocycles. The first-order valence-electron chi connectivity index (χ1n) is 6.68. The van der Waals surface area contributed by atoms with Crippen LogP contribution in [0.3, 0.4) is 0 Å². The zero-order valence-corrected chi connectivity index (χ0v) is 10.0. The lowest BCUT2D eigenvalue weighted by Gasteiger charge is -2.59. The van der Waals surface area contributed by atoms with E-state index in [1.54, 1.807) is 0 Å². The Morgan fingerprint density at radius 1 is 1.31 bits per heavy atom. The van der Waals surface area contributed by atoms with E-state index in [1.807, 2.05) is 6.92 Å². The highest BCUT2D eigenvalue weighted by Crippen LogP contribution is 2.55. The molecule has 0 heterocycles. The predicted octanol–water partition coefficient (Wildman–Crippen LogP) is 1.42. The van der Waals surface area contributed by atoms with Crippen molar-refractivity contribution in [2.45, 2.75) is 57.0 Å². The third kappa shape index (κ3) is 1.48. The second kappa shape index (κ2) is 3.46. The van der Waals surface area contributed by atoms with Gasteiger partial charge >= 0.3 is 0 Å². The van der Waals surface area contributed by atoms with Gasteiger partial charge in [0.05, 0.1) is 0 Å². The van der Waals surface area contributed by atoms with Gasteiger partial charge in [-0.05, 0) is 49.9 Å². The van der Waals surface area contributed by atoms with Crippen LogP contribution in [0.15, 0.2) is 0 Å². The third-order valence-corrected chi connectivity index (χ3v) is 5.07. The van der Waals surface area contributed by atoms with Gasteiger partial charge in [0.2, 0.25) is 5.91 Å². The summed E-state index contributed by atoms with van der Waals surface area (Å²) in [5.41, 5.74) is 6.40. The maximum atomic E-state index is 11.6. The van der Waals surface area contributed by atoms with Gasteiger partial charge < -0.3 is 11.1 Å². The summed E-state index contributed by atoms with van der Waals surface area (Å²) >= 11 is 0. The van der Waals surface area contributed by atoms with Crippen LogP contribution in [0.25, 0.3) is 0 Å². The molecule has 4 fully saturated rings. The van der Waals surface area contributed by atoms with Crippen LogP contribution in [0.4, 0.5) is 0 Å². The Morgan fingerprint density at radius 3 is 2.50 bits per heavy atom. The monoisotopic (exact) mass is 222 g/mol. The highest BCUT2D eigenvalue weighted by Gasteiger charge is 2.54. The lowest BCUT2D eigenvalue weighted by molar-refractivity contribution is -0.127. The molecule has 16 heavy (non-hydrogen) atoms. The Kier molecular flexibility index (Phi) is 2.29. The normalized spacial score (nSPS) is 49.4. The first kappa shape index (κ1) is 10.6. The van der Waals surface area contributed by atoms with Crippen molar-refractivity contribution in [3.8, 4) is 0 Å². The van der Waals surface area contributed by atoms with E-state index in [1.165, 1.54) is 19.3 Å². The number of rotatable bonds is 2. The number of hydrogen-bond acceptors (Lipinski definition) is 2. The summed E-state index contributed by atoms with van der Waals surface area (Å²) in [4.78, 5) is 11.6. The van der Waals surface area contributed by atoms with Crippen molar-refractivity contribution in [1.29, 1.82) is 0 Å². The molecule has 0 aromatic carbocycles. The smallest absolute Gasteiger partial charge is 0.220 e.